The highest BCUT2D eigenvalue weighted by atomic mass is 16.5. The maximum absolute atomic E-state index is 9.78. The number of ether oxygens (including phenoxy) is 2. The van der Waals surface area contributed by atoms with Crippen molar-refractivity contribution in [3.05, 3.63) is 47.7 Å². The first-order chi connectivity index (χ1) is 11.6. The standard InChI is InChI=1S/C19H22N2O3/c1-13-18-16(7-8-17(22)20-18)24-19(9-10-19)12-21(13)11-14-3-5-15(23-2)6-4-14/h3-8,13H,9-12H2,1-2H3,(H,20,22). The van der Waals surface area contributed by atoms with Crippen molar-refractivity contribution in [2.45, 2.75) is 38.0 Å². The predicted molar refractivity (Wildman–Crippen MR) is 90.3 cm³/mol. The lowest BCUT2D eigenvalue weighted by atomic mass is 10.1. The van der Waals surface area contributed by atoms with Crippen LogP contribution in [0, 0.1) is 0 Å². The molecule has 2 aliphatic rings. The molecule has 1 aliphatic carbocycles. The van der Waals surface area contributed by atoms with Crippen molar-refractivity contribution in [2.24, 2.45) is 0 Å². The molecule has 1 unspecified atom stereocenters. The Hall–Kier alpha value is -2.27. The molecule has 1 aromatic heterocycles. The third-order valence-electron chi connectivity index (χ3n) is 4.98. The fraction of sp³-hybridized carbons (Fsp3) is 0.421. The Morgan fingerprint density at radius 1 is 1.25 bits per heavy atom. The number of hydrogen-bond acceptors (Lipinski definition) is 5. The first kappa shape index (κ1) is 15.3. The molecular weight excluding hydrogens is 304 g/mol. The van der Waals surface area contributed by atoms with Crippen LogP contribution in [0.5, 0.6) is 17.4 Å². The van der Waals surface area contributed by atoms with E-state index >= 15 is 0 Å². The molecule has 0 radical (unpaired) electrons. The third-order valence-corrected chi connectivity index (χ3v) is 4.98. The molecule has 1 atom stereocenters. The minimum Gasteiger partial charge on any atom is -0.497 e. The van der Waals surface area contributed by atoms with Gasteiger partial charge in [0.2, 0.25) is 5.88 Å². The lowest BCUT2D eigenvalue weighted by Crippen LogP contribution is -2.35. The monoisotopic (exact) mass is 326 g/mol. The molecule has 0 amide bonds. The minimum absolute atomic E-state index is 0.0420. The Kier molecular flexibility index (Phi) is 3.61. The van der Waals surface area contributed by atoms with E-state index in [1.54, 1.807) is 13.2 Å². The van der Waals surface area contributed by atoms with E-state index in [2.05, 4.69) is 28.9 Å². The van der Waals surface area contributed by atoms with Crippen LogP contribution < -0.4 is 9.47 Å². The summed E-state index contributed by atoms with van der Waals surface area (Å²) in [5.74, 6) is 1.71. The van der Waals surface area contributed by atoms with Crippen LogP contribution in [0.1, 0.15) is 37.1 Å². The van der Waals surface area contributed by atoms with E-state index in [1.165, 1.54) is 5.56 Å². The number of benzene rings is 1. The minimum atomic E-state index is -0.0926. The summed E-state index contributed by atoms with van der Waals surface area (Å²) in [6.07, 6.45) is 2.14. The Bertz CT molecular complexity index is 741. The van der Waals surface area contributed by atoms with E-state index in [-0.39, 0.29) is 17.5 Å². The van der Waals surface area contributed by atoms with Gasteiger partial charge < -0.3 is 14.6 Å². The van der Waals surface area contributed by atoms with Crippen LogP contribution in [0.15, 0.2) is 36.4 Å². The highest BCUT2D eigenvalue weighted by Gasteiger charge is 2.50. The lowest BCUT2D eigenvalue weighted by molar-refractivity contribution is 0.107. The topological polar surface area (TPSA) is 54.8 Å². The summed E-state index contributed by atoms with van der Waals surface area (Å²) in [6.45, 7) is 3.81. The van der Waals surface area contributed by atoms with Crippen LogP contribution in [-0.2, 0) is 6.54 Å². The SMILES string of the molecule is COc1ccc(CN2CC3(CC3)Oc3ccc(O)nc3C2C)cc1. The van der Waals surface area contributed by atoms with Gasteiger partial charge in [-0.15, -0.1) is 0 Å². The van der Waals surface area contributed by atoms with Crippen LogP contribution in [0.4, 0.5) is 0 Å². The fourth-order valence-corrected chi connectivity index (χ4v) is 3.34. The average molecular weight is 326 g/mol. The number of aromatic nitrogens is 1. The van der Waals surface area contributed by atoms with Crippen molar-refractivity contribution in [1.82, 2.24) is 9.88 Å². The summed E-state index contributed by atoms with van der Waals surface area (Å²) in [6, 6.07) is 11.7. The summed E-state index contributed by atoms with van der Waals surface area (Å²) in [4.78, 5) is 6.72. The molecule has 0 bridgehead atoms. The van der Waals surface area contributed by atoms with Gasteiger partial charge in [-0.05, 0) is 43.5 Å². The second kappa shape index (κ2) is 5.67. The second-order valence-electron chi connectivity index (χ2n) is 6.77. The summed E-state index contributed by atoms with van der Waals surface area (Å²) < 4.78 is 11.5. The largest absolute Gasteiger partial charge is 0.497 e. The van der Waals surface area contributed by atoms with Crippen LogP contribution in [-0.4, -0.2) is 34.2 Å². The van der Waals surface area contributed by atoms with Crippen LogP contribution >= 0.6 is 0 Å². The van der Waals surface area contributed by atoms with Crippen molar-refractivity contribution in [3.8, 4) is 17.4 Å². The summed E-state index contributed by atoms with van der Waals surface area (Å²) in [5, 5.41) is 9.78. The Labute approximate surface area is 141 Å². The van der Waals surface area contributed by atoms with Gasteiger partial charge in [-0.25, -0.2) is 4.98 Å². The summed E-state index contributed by atoms with van der Waals surface area (Å²) in [7, 11) is 1.68. The second-order valence-corrected chi connectivity index (χ2v) is 6.77. The van der Waals surface area contributed by atoms with Crippen molar-refractivity contribution in [2.75, 3.05) is 13.7 Å². The first-order valence-electron chi connectivity index (χ1n) is 8.34. The molecule has 1 fully saturated rings. The van der Waals surface area contributed by atoms with Crippen molar-refractivity contribution >= 4 is 0 Å². The first-order valence-corrected chi connectivity index (χ1v) is 8.34. The summed E-state index contributed by atoms with van der Waals surface area (Å²) in [5.41, 5.74) is 1.94. The van der Waals surface area contributed by atoms with E-state index in [0.717, 1.165) is 43.1 Å². The Morgan fingerprint density at radius 2 is 2.00 bits per heavy atom. The molecular formula is C19H22N2O3. The Morgan fingerprint density at radius 3 is 2.67 bits per heavy atom. The van der Waals surface area contributed by atoms with E-state index in [4.69, 9.17) is 9.47 Å². The molecule has 1 N–H and O–H groups in total. The van der Waals surface area contributed by atoms with Crippen LogP contribution in [0.25, 0.3) is 0 Å². The van der Waals surface area contributed by atoms with Crippen molar-refractivity contribution < 1.29 is 14.6 Å². The van der Waals surface area contributed by atoms with Gasteiger partial charge in [-0.1, -0.05) is 12.1 Å². The number of rotatable bonds is 3. The normalized spacial score (nSPS) is 21.7. The molecule has 1 aromatic carbocycles. The molecule has 4 rings (SSSR count). The zero-order valence-electron chi connectivity index (χ0n) is 14.0. The predicted octanol–water partition coefficient (Wildman–Crippen LogP) is 3.28. The van der Waals surface area contributed by atoms with Gasteiger partial charge >= 0.3 is 0 Å². The molecule has 126 valence electrons. The zero-order valence-corrected chi connectivity index (χ0v) is 14.0. The number of aromatic hydroxyl groups is 1. The maximum Gasteiger partial charge on any atom is 0.211 e. The smallest absolute Gasteiger partial charge is 0.211 e. The van der Waals surface area contributed by atoms with Crippen LogP contribution in [0.3, 0.4) is 0 Å². The number of nitrogens with zero attached hydrogens (tertiary/aromatic N) is 2. The highest BCUT2D eigenvalue weighted by molar-refractivity contribution is 5.36. The van der Waals surface area contributed by atoms with Gasteiger partial charge in [0.25, 0.3) is 0 Å². The molecule has 5 nitrogen and oxygen atoms in total. The van der Waals surface area contributed by atoms with Gasteiger partial charge in [0.1, 0.15) is 22.8 Å². The average Bonchev–Trinajstić information content (AvgIpc) is 3.36. The molecule has 2 heterocycles. The molecule has 1 aliphatic heterocycles. The molecule has 0 saturated heterocycles. The van der Waals surface area contributed by atoms with E-state index in [9.17, 15) is 5.11 Å². The van der Waals surface area contributed by atoms with Gasteiger partial charge in [0.15, 0.2) is 0 Å². The van der Waals surface area contributed by atoms with E-state index < -0.39 is 0 Å². The molecule has 2 aromatic rings. The van der Waals surface area contributed by atoms with Crippen molar-refractivity contribution in [1.29, 1.82) is 0 Å². The number of hydrogen-bond donors (Lipinski definition) is 1. The molecule has 1 spiro atoms. The van der Waals surface area contributed by atoms with Gasteiger partial charge in [-0.2, -0.15) is 0 Å². The fourth-order valence-electron chi connectivity index (χ4n) is 3.34. The highest BCUT2D eigenvalue weighted by Crippen LogP contribution is 2.47. The van der Waals surface area contributed by atoms with Gasteiger partial charge in [0.05, 0.1) is 13.2 Å². The molecule has 24 heavy (non-hydrogen) atoms. The van der Waals surface area contributed by atoms with Crippen molar-refractivity contribution in [3.63, 3.8) is 0 Å². The number of pyridine rings is 1. The number of methoxy groups -OCH3 is 1. The lowest BCUT2D eigenvalue weighted by Gasteiger charge is -2.28. The van der Waals surface area contributed by atoms with E-state index in [1.807, 2.05) is 18.2 Å². The third kappa shape index (κ3) is 2.80. The summed E-state index contributed by atoms with van der Waals surface area (Å²) >= 11 is 0. The van der Waals surface area contributed by atoms with Gasteiger partial charge in [0, 0.05) is 19.2 Å². The molecule has 5 heteroatoms. The zero-order chi connectivity index (χ0) is 16.7. The van der Waals surface area contributed by atoms with Crippen LogP contribution in [0.2, 0.25) is 0 Å². The quantitative estimate of drug-likeness (QED) is 0.938. The van der Waals surface area contributed by atoms with E-state index in [0.29, 0.717) is 0 Å². The maximum atomic E-state index is 9.78. The Balaban J connectivity index is 1.64. The molecule has 1 saturated carbocycles. The van der Waals surface area contributed by atoms with Gasteiger partial charge in [-0.3, -0.25) is 4.90 Å². The number of fused-ring (bicyclic) bond motifs is 1.